The summed E-state index contributed by atoms with van der Waals surface area (Å²) in [5.41, 5.74) is -1.37. The van der Waals surface area contributed by atoms with Crippen molar-refractivity contribution in [1.29, 1.82) is 0 Å². The molecule has 1 N–H and O–H groups in total. The van der Waals surface area contributed by atoms with Gasteiger partial charge in [-0.2, -0.15) is 18.3 Å². The Kier molecular flexibility index (Phi) is 7.11. The van der Waals surface area contributed by atoms with Gasteiger partial charge in [0.15, 0.2) is 10.8 Å². The van der Waals surface area contributed by atoms with E-state index in [0.29, 0.717) is 10.6 Å². The number of hydrogen-bond donors (Lipinski definition) is 1. The molecule has 12 heteroatoms. The summed E-state index contributed by atoms with van der Waals surface area (Å²) in [4.78, 5) is 26.2. The molecule has 0 bridgehead atoms. The van der Waals surface area contributed by atoms with Gasteiger partial charge in [-0.3, -0.25) is 24.5 Å². The van der Waals surface area contributed by atoms with E-state index in [1.807, 2.05) is 0 Å². The molecule has 2 heterocycles. The van der Waals surface area contributed by atoms with Gasteiger partial charge in [-0.15, -0.1) is 18.3 Å². The highest BCUT2D eigenvalue weighted by molar-refractivity contribution is 7.98. The highest BCUT2D eigenvalue weighted by Crippen LogP contribution is 2.38. The largest absolute Gasteiger partial charge is 0.435 e. The third-order valence-corrected chi connectivity index (χ3v) is 6.31. The number of benzene rings is 1. The molecule has 0 atom stereocenters. The molecule has 2 aromatic rings. The second kappa shape index (κ2) is 9.47. The van der Waals surface area contributed by atoms with E-state index in [4.69, 9.17) is 23.8 Å². The first-order valence-electron chi connectivity index (χ1n) is 9.04. The molecule has 1 aromatic heterocycles. The van der Waals surface area contributed by atoms with Gasteiger partial charge in [-0.05, 0) is 29.9 Å². The summed E-state index contributed by atoms with van der Waals surface area (Å²) in [6.45, 7) is 3.50. The summed E-state index contributed by atoms with van der Waals surface area (Å²) in [5, 5.41) is 6.35. The first kappa shape index (κ1) is 24.0. The number of carbonyl (C=O) groups excluding carboxylic acids is 2. The van der Waals surface area contributed by atoms with Gasteiger partial charge < -0.3 is 0 Å². The number of hydrogen-bond acceptors (Lipinski definition) is 5. The first-order chi connectivity index (χ1) is 15.0. The Morgan fingerprint density at radius 2 is 2.00 bits per heavy atom. The normalized spacial score (nSPS) is 16.0. The molecule has 0 unspecified atom stereocenters. The molecule has 1 fully saturated rings. The predicted octanol–water partition coefficient (Wildman–Crippen LogP) is 4.20. The minimum Gasteiger partial charge on any atom is -0.298 e. The number of amides is 2. The summed E-state index contributed by atoms with van der Waals surface area (Å²) >= 11 is 12.2. The van der Waals surface area contributed by atoms with Gasteiger partial charge in [-0.25, -0.2) is 0 Å². The number of alkyl halides is 3. The number of thioether (sulfide) groups is 1. The lowest BCUT2D eigenvalue weighted by Crippen LogP contribution is -2.53. The second-order valence-electron chi connectivity index (χ2n) is 6.59. The zero-order valence-electron chi connectivity index (χ0n) is 16.6. The summed E-state index contributed by atoms with van der Waals surface area (Å²) in [7, 11) is 1.36. The van der Waals surface area contributed by atoms with Crippen molar-refractivity contribution in [2.45, 2.75) is 17.0 Å². The molecule has 0 radical (unpaired) electrons. The van der Waals surface area contributed by atoms with Crippen LogP contribution in [0.2, 0.25) is 5.02 Å². The van der Waals surface area contributed by atoms with E-state index >= 15 is 0 Å². The third-order valence-electron chi connectivity index (χ3n) is 4.41. The van der Waals surface area contributed by atoms with Gasteiger partial charge in [0.2, 0.25) is 0 Å². The van der Waals surface area contributed by atoms with Crippen LogP contribution < -0.4 is 5.32 Å². The highest BCUT2D eigenvalue weighted by atomic mass is 35.5. The van der Waals surface area contributed by atoms with Crippen LogP contribution in [0.3, 0.4) is 0 Å². The molecule has 0 spiro atoms. The second-order valence-corrected chi connectivity index (χ2v) is 8.35. The summed E-state index contributed by atoms with van der Waals surface area (Å²) in [6, 6.07) is 6.93. The van der Waals surface area contributed by atoms with Crippen LogP contribution in [0.25, 0.3) is 6.08 Å². The lowest BCUT2D eigenvalue weighted by Gasteiger charge is -2.27. The molecular formula is C20H16ClF3N4O2S2. The number of rotatable bonds is 6. The molecule has 168 valence electrons. The standard InChI is InChI=1S/C20H16ClF3N4O2S2/c1-3-8-28-17(30)13(16(29)25-19(28)31)9-12-15(20(22,23)24)26-27(2)18(12)32-10-11-6-4-5-7-14(11)21/h3-7,9H,1,8,10H2,2H3,(H,25,29,31). The molecule has 0 aliphatic carbocycles. The maximum absolute atomic E-state index is 13.7. The molecular weight excluding hydrogens is 485 g/mol. The van der Waals surface area contributed by atoms with Crippen molar-refractivity contribution in [2.75, 3.05) is 6.54 Å². The summed E-state index contributed by atoms with van der Waals surface area (Å²) in [5.74, 6) is -1.46. The Morgan fingerprint density at radius 1 is 1.31 bits per heavy atom. The van der Waals surface area contributed by atoms with Crippen molar-refractivity contribution in [3.63, 3.8) is 0 Å². The molecule has 3 rings (SSSR count). The first-order valence-corrected chi connectivity index (χ1v) is 10.8. The monoisotopic (exact) mass is 500 g/mol. The fourth-order valence-electron chi connectivity index (χ4n) is 2.93. The van der Waals surface area contributed by atoms with Crippen LogP contribution in [0.15, 0.2) is 47.5 Å². The van der Waals surface area contributed by atoms with E-state index in [1.165, 1.54) is 13.1 Å². The van der Waals surface area contributed by atoms with Crippen molar-refractivity contribution in [1.82, 2.24) is 20.0 Å². The maximum atomic E-state index is 13.7. The third kappa shape index (κ3) is 4.89. The van der Waals surface area contributed by atoms with Crippen LogP contribution in [0.5, 0.6) is 0 Å². The quantitative estimate of drug-likeness (QED) is 0.212. The van der Waals surface area contributed by atoms with E-state index in [1.54, 1.807) is 24.3 Å². The number of aromatic nitrogens is 2. The lowest BCUT2D eigenvalue weighted by atomic mass is 10.1. The van der Waals surface area contributed by atoms with E-state index < -0.39 is 29.3 Å². The molecule has 1 aliphatic rings. The van der Waals surface area contributed by atoms with Crippen LogP contribution in [0, 0.1) is 0 Å². The van der Waals surface area contributed by atoms with Gasteiger partial charge >= 0.3 is 6.18 Å². The molecule has 1 saturated heterocycles. The van der Waals surface area contributed by atoms with Crippen LogP contribution in [0.1, 0.15) is 16.8 Å². The molecule has 0 saturated carbocycles. The average Bonchev–Trinajstić information content (AvgIpc) is 3.03. The minimum atomic E-state index is -4.81. The summed E-state index contributed by atoms with van der Waals surface area (Å²) in [6.07, 6.45) is -2.52. The number of carbonyl (C=O) groups is 2. The zero-order chi connectivity index (χ0) is 23.6. The van der Waals surface area contributed by atoms with E-state index in [0.717, 1.165) is 27.4 Å². The fraction of sp³-hybridized carbons (Fsp3) is 0.200. The van der Waals surface area contributed by atoms with Gasteiger partial charge in [0.25, 0.3) is 11.8 Å². The van der Waals surface area contributed by atoms with Crippen LogP contribution >= 0.6 is 35.6 Å². The maximum Gasteiger partial charge on any atom is 0.435 e. The van der Waals surface area contributed by atoms with Crippen molar-refractivity contribution >= 4 is 58.6 Å². The molecule has 6 nitrogen and oxygen atoms in total. The molecule has 1 aromatic carbocycles. The van der Waals surface area contributed by atoms with Gasteiger partial charge in [0.1, 0.15) is 10.6 Å². The number of halogens is 4. The molecule has 32 heavy (non-hydrogen) atoms. The fourth-order valence-corrected chi connectivity index (χ4v) is 4.54. The van der Waals surface area contributed by atoms with E-state index in [9.17, 15) is 22.8 Å². The Bertz CT molecular complexity index is 1140. The number of nitrogens with zero attached hydrogens (tertiary/aromatic N) is 3. The van der Waals surface area contributed by atoms with Crippen LogP contribution in [-0.2, 0) is 28.6 Å². The number of nitrogens with one attached hydrogen (secondary N) is 1. The highest BCUT2D eigenvalue weighted by Gasteiger charge is 2.40. The van der Waals surface area contributed by atoms with Crippen molar-refractivity contribution in [3.8, 4) is 0 Å². The smallest absolute Gasteiger partial charge is 0.298 e. The summed E-state index contributed by atoms with van der Waals surface area (Å²) < 4.78 is 42.2. The Hall–Kier alpha value is -2.63. The van der Waals surface area contributed by atoms with Gasteiger partial charge in [0.05, 0.1) is 0 Å². The number of aryl methyl sites for hydroxylation is 1. The minimum absolute atomic E-state index is 0.0113. The van der Waals surface area contributed by atoms with Gasteiger partial charge in [-0.1, -0.05) is 35.9 Å². The van der Waals surface area contributed by atoms with Crippen molar-refractivity contribution in [3.05, 3.63) is 64.3 Å². The Labute approximate surface area is 196 Å². The van der Waals surface area contributed by atoms with Crippen molar-refractivity contribution < 1.29 is 22.8 Å². The molecule has 2 amide bonds. The zero-order valence-corrected chi connectivity index (χ0v) is 19.0. The van der Waals surface area contributed by atoms with Gasteiger partial charge in [0, 0.05) is 29.9 Å². The molecule has 1 aliphatic heterocycles. The van der Waals surface area contributed by atoms with Crippen LogP contribution in [-0.4, -0.2) is 38.2 Å². The van der Waals surface area contributed by atoms with E-state index in [2.05, 4.69) is 17.0 Å². The topological polar surface area (TPSA) is 67.2 Å². The van der Waals surface area contributed by atoms with E-state index in [-0.39, 0.29) is 28.0 Å². The van der Waals surface area contributed by atoms with Crippen molar-refractivity contribution in [2.24, 2.45) is 7.05 Å². The number of thiocarbonyl (C=S) groups is 1. The predicted molar refractivity (Wildman–Crippen MR) is 120 cm³/mol. The SMILES string of the molecule is C=CCN1C(=O)C(=Cc2c(C(F)(F)F)nn(C)c2SCc2ccccc2Cl)C(=O)NC1=S. The Morgan fingerprint density at radius 3 is 2.62 bits per heavy atom. The van der Waals surface area contributed by atoms with Crippen LogP contribution in [0.4, 0.5) is 13.2 Å². The Balaban J connectivity index is 2.08. The average molecular weight is 501 g/mol. The lowest BCUT2D eigenvalue weighted by molar-refractivity contribution is -0.141.